The molecule has 1 aromatic heterocycles. The van der Waals surface area contributed by atoms with Crippen molar-refractivity contribution in [2.75, 3.05) is 4.43 Å². The van der Waals surface area contributed by atoms with Gasteiger partial charge in [0.2, 0.25) is 0 Å². The van der Waals surface area contributed by atoms with Gasteiger partial charge >= 0.3 is 0 Å². The van der Waals surface area contributed by atoms with Crippen molar-refractivity contribution in [2.24, 2.45) is 5.41 Å². The summed E-state index contributed by atoms with van der Waals surface area (Å²) < 4.78 is 2.73. The van der Waals surface area contributed by atoms with Gasteiger partial charge in [0.05, 0.1) is 6.20 Å². The topological polar surface area (TPSA) is 34.9 Å². The van der Waals surface area contributed by atoms with Crippen LogP contribution in [-0.2, 0) is 6.54 Å². The average Bonchev–Trinajstić information content (AvgIpc) is 2.09. The first-order valence-electron chi connectivity index (χ1n) is 4.11. The van der Waals surface area contributed by atoms with E-state index in [0.29, 0.717) is 0 Å². The van der Waals surface area contributed by atoms with E-state index in [9.17, 15) is 4.79 Å². The third-order valence-corrected chi connectivity index (χ3v) is 3.83. The van der Waals surface area contributed by atoms with Crippen molar-refractivity contribution in [3.8, 4) is 0 Å². The molecule has 4 heteroatoms. The summed E-state index contributed by atoms with van der Waals surface area (Å²) in [5, 5.41) is 0. The van der Waals surface area contributed by atoms with Gasteiger partial charge in [0.1, 0.15) is 0 Å². The third-order valence-electron chi connectivity index (χ3n) is 1.76. The van der Waals surface area contributed by atoms with Gasteiger partial charge in [-0.15, -0.1) is 0 Å². The largest absolute Gasteiger partial charge is 0.312 e. The molecule has 0 bridgehead atoms. The molecular formula is C9H13IN2O. The first-order valence-corrected chi connectivity index (χ1v) is 5.64. The van der Waals surface area contributed by atoms with Crippen molar-refractivity contribution >= 4 is 22.6 Å². The Morgan fingerprint density at radius 3 is 2.85 bits per heavy atom. The zero-order valence-corrected chi connectivity index (χ0v) is 9.98. The van der Waals surface area contributed by atoms with Crippen LogP contribution in [0.2, 0.25) is 0 Å². The Morgan fingerprint density at radius 1 is 1.62 bits per heavy atom. The second-order valence-corrected chi connectivity index (χ2v) is 4.60. The zero-order valence-electron chi connectivity index (χ0n) is 7.83. The fourth-order valence-electron chi connectivity index (χ4n) is 1.01. The maximum atomic E-state index is 11.3. The number of alkyl halides is 1. The minimum absolute atomic E-state index is 0.0274. The third kappa shape index (κ3) is 3.10. The van der Waals surface area contributed by atoms with E-state index in [0.717, 1.165) is 11.0 Å². The summed E-state index contributed by atoms with van der Waals surface area (Å²) >= 11 is 2.34. The molecular weight excluding hydrogens is 279 g/mol. The molecule has 1 aromatic rings. The van der Waals surface area contributed by atoms with Crippen LogP contribution in [0.25, 0.3) is 0 Å². The van der Waals surface area contributed by atoms with E-state index in [2.05, 4.69) is 41.4 Å². The molecule has 0 amide bonds. The number of hydrogen-bond acceptors (Lipinski definition) is 2. The summed E-state index contributed by atoms with van der Waals surface area (Å²) in [6, 6.07) is 0. The normalized spacial score (nSPS) is 11.6. The first kappa shape index (κ1) is 10.7. The van der Waals surface area contributed by atoms with Crippen molar-refractivity contribution < 1.29 is 0 Å². The van der Waals surface area contributed by atoms with E-state index in [1.165, 1.54) is 6.20 Å². The van der Waals surface area contributed by atoms with E-state index < -0.39 is 0 Å². The predicted molar refractivity (Wildman–Crippen MR) is 61.2 cm³/mol. The van der Waals surface area contributed by atoms with Crippen molar-refractivity contribution in [1.29, 1.82) is 0 Å². The summed E-state index contributed by atoms with van der Waals surface area (Å²) in [6.45, 7) is 5.04. The fourth-order valence-corrected chi connectivity index (χ4v) is 1.25. The molecule has 0 spiro atoms. The van der Waals surface area contributed by atoms with Crippen molar-refractivity contribution in [3.05, 3.63) is 28.9 Å². The van der Waals surface area contributed by atoms with Crippen LogP contribution in [0.3, 0.4) is 0 Å². The molecule has 0 saturated carbocycles. The highest BCUT2D eigenvalue weighted by atomic mass is 127. The van der Waals surface area contributed by atoms with Crippen molar-refractivity contribution in [3.63, 3.8) is 0 Å². The molecule has 1 heterocycles. The van der Waals surface area contributed by atoms with Crippen LogP contribution >= 0.6 is 22.6 Å². The number of rotatable bonds is 3. The van der Waals surface area contributed by atoms with Gasteiger partial charge in [0.25, 0.3) is 5.56 Å². The molecule has 3 nitrogen and oxygen atoms in total. The lowest BCUT2D eigenvalue weighted by atomic mass is 9.97. The van der Waals surface area contributed by atoms with Gasteiger partial charge in [-0.05, 0) is 5.41 Å². The zero-order chi connectivity index (χ0) is 9.90. The lowest BCUT2D eigenvalue weighted by Crippen LogP contribution is -2.28. The Labute approximate surface area is 91.3 Å². The summed E-state index contributed by atoms with van der Waals surface area (Å²) in [4.78, 5) is 15.1. The van der Waals surface area contributed by atoms with Gasteiger partial charge < -0.3 is 4.57 Å². The van der Waals surface area contributed by atoms with Gasteiger partial charge in [-0.2, -0.15) is 0 Å². The average molecular weight is 292 g/mol. The van der Waals surface area contributed by atoms with Crippen LogP contribution in [-0.4, -0.2) is 14.0 Å². The van der Waals surface area contributed by atoms with Gasteiger partial charge in [-0.1, -0.05) is 36.4 Å². The lowest BCUT2D eigenvalue weighted by molar-refractivity contribution is 0.351. The molecule has 0 unspecified atom stereocenters. The highest BCUT2D eigenvalue weighted by Gasteiger charge is 2.16. The van der Waals surface area contributed by atoms with E-state index >= 15 is 0 Å². The van der Waals surface area contributed by atoms with Crippen LogP contribution in [0.15, 0.2) is 23.4 Å². The predicted octanol–water partition coefficient (Wildman–Crippen LogP) is 1.70. The molecule has 0 aliphatic carbocycles. The highest BCUT2D eigenvalue weighted by molar-refractivity contribution is 14.1. The first-order chi connectivity index (χ1) is 6.05. The Hall–Kier alpha value is -0.390. The van der Waals surface area contributed by atoms with Crippen LogP contribution in [0, 0.1) is 5.41 Å². The minimum Gasteiger partial charge on any atom is -0.312 e. The number of nitrogens with zero attached hydrogens (tertiary/aromatic N) is 2. The summed E-state index contributed by atoms with van der Waals surface area (Å²) in [6.07, 6.45) is 4.73. The molecule has 13 heavy (non-hydrogen) atoms. The van der Waals surface area contributed by atoms with Gasteiger partial charge in [0.15, 0.2) is 0 Å². The lowest BCUT2D eigenvalue weighted by Gasteiger charge is -2.22. The van der Waals surface area contributed by atoms with Crippen molar-refractivity contribution in [2.45, 2.75) is 20.4 Å². The number of aromatic nitrogens is 2. The van der Waals surface area contributed by atoms with Crippen molar-refractivity contribution in [1.82, 2.24) is 9.55 Å². The maximum Gasteiger partial charge on any atom is 0.269 e. The molecule has 0 aromatic carbocycles. The van der Waals surface area contributed by atoms with Gasteiger partial charge in [0, 0.05) is 23.4 Å². The van der Waals surface area contributed by atoms with E-state index in [1.807, 2.05) is 0 Å². The monoisotopic (exact) mass is 292 g/mol. The molecule has 0 fully saturated rings. The fraction of sp³-hybridized carbons (Fsp3) is 0.556. The maximum absolute atomic E-state index is 11.3. The van der Waals surface area contributed by atoms with Gasteiger partial charge in [-0.25, -0.2) is 0 Å². The van der Waals surface area contributed by atoms with E-state index in [-0.39, 0.29) is 11.0 Å². The Kier molecular flexibility index (Phi) is 3.47. The van der Waals surface area contributed by atoms with Gasteiger partial charge in [-0.3, -0.25) is 9.78 Å². The molecule has 0 aliphatic heterocycles. The number of halogens is 1. The smallest absolute Gasteiger partial charge is 0.269 e. The second-order valence-electron chi connectivity index (χ2n) is 3.84. The Morgan fingerprint density at radius 2 is 2.31 bits per heavy atom. The van der Waals surface area contributed by atoms with Crippen LogP contribution in [0.1, 0.15) is 13.8 Å². The molecule has 1 rings (SSSR count). The molecule has 72 valence electrons. The molecule has 0 radical (unpaired) electrons. The van der Waals surface area contributed by atoms with Crippen LogP contribution in [0.4, 0.5) is 0 Å². The summed E-state index contributed by atoms with van der Waals surface area (Å²) in [5.74, 6) is 0. The van der Waals surface area contributed by atoms with Crippen LogP contribution in [0.5, 0.6) is 0 Å². The summed E-state index contributed by atoms with van der Waals surface area (Å²) in [7, 11) is 0. The highest BCUT2D eigenvalue weighted by Crippen LogP contribution is 2.19. The van der Waals surface area contributed by atoms with Crippen LogP contribution < -0.4 is 5.56 Å². The number of hydrogen-bond donors (Lipinski definition) is 0. The molecule has 0 saturated heterocycles. The summed E-state index contributed by atoms with van der Waals surface area (Å²) in [5.41, 5.74) is 0.131. The Balaban J connectivity index is 2.87. The molecule has 0 aliphatic rings. The quantitative estimate of drug-likeness (QED) is 0.628. The minimum atomic E-state index is -0.0274. The Bertz CT molecular complexity index is 332. The molecule has 0 N–H and O–H groups in total. The standard InChI is InChI=1S/C9H13IN2O/c1-9(2,6-10)7-12-4-3-11-5-8(12)13/h3-5H,6-7H2,1-2H3. The second kappa shape index (κ2) is 4.21. The SMILES string of the molecule is CC(C)(CI)Cn1ccncc1=O. The van der Waals surface area contributed by atoms with E-state index in [1.54, 1.807) is 17.0 Å². The molecule has 0 atom stereocenters. The van der Waals surface area contributed by atoms with E-state index in [4.69, 9.17) is 0 Å².